The maximum atomic E-state index is 14.8. The summed E-state index contributed by atoms with van der Waals surface area (Å²) in [6.45, 7) is 0.180. The van der Waals surface area contributed by atoms with Crippen molar-refractivity contribution >= 4 is 26.7 Å². The summed E-state index contributed by atoms with van der Waals surface area (Å²) in [5, 5.41) is -1.01. The van der Waals surface area contributed by atoms with Gasteiger partial charge in [0.15, 0.2) is 28.2 Å². The maximum Gasteiger partial charge on any atom is 0.417 e. The molecule has 4 aromatic rings. The first-order chi connectivity index (χ1) is 16.6. The lowest BCUT2D eigenvalue weighted by molar-refractivity contribution is -0.137. The van der Waals surface area contributed by atoms with Crippen LogP contribution in [0.15, 0.2) is 47.9 Å². The van der Waals surface area contributed by atoms with Gasteiger partial charge in [-0.1, -0.05) is 0 Å². The van der Waals surface area contributed by atoms with Crippen LogP contribution in [-0.2, 0) is 16.2 Å². The highest BCUT2D eigenvalue weighted by Gasteiger charge is 2.38. The van der Waals surface area contributed by atoms with Crippen LogP contribution >= 0.6 is 0 Å². The molecule has 4 heterocycles. The Morgan fingerprint density at radius 2 is 1.83 bits per heavy atom. The first-order valence-corrected chi connectivity index (χ1v) is 11.5. The molecule has 0 bridgehead atoms. The number of aromatic nitrogens is 4. The normalized spacial score (nSPS) is 14.5. The van der Waals surface area contributed by atoms with Crippen LogP contribution in [0.25, 0.3) is 22.3 Å². The number of pyridine rings is 1. The van der Waals surface area contributed by atoms with E-state index in [4.69, 9.17) is 4.74 Å². The van der Waals surface area contributed by atoms with E-state index in [1.54, 1.807) is 6.07 Å². The second-order valence-corrected chi connectivity index (χ2v) is 9.36. The fraction of sp³-hybridized carbons (Fsp3) is 0.190. The SMILES string of the molecule is O=S(=O)(c1cc2c(-c3ncc(F)cn3)c(C(F)(F)F)cc(F)c2[nH]1)N1CCCOc2cccnc21. The van der Waals surface area contributed by atoms with Gasteiger partial charge in [0.05, 0.1) is 30.1 Å². The number of nitrogens with zero attached hydrogens (tertiary/aromatic N) is 4. The van der Waals surface area contributed by atoms with E-state index in [9.17, 15) is 30.4 Å². The van der Waals surface area contributed by atoms with Gasteiger partial charge in [0, 0.05) is 30.1 Å². The average Bonchev–Trinajstić information content (AvgIpc) is 3.15. The number of benzene rings is 1. The molecule has 0 spiro atoms. The minimum Gasteiger partial charge on any atom is -0.490 e. The van der Waals surface area contributed by atoms with Crippen molar-refractivity contribution in [2.45, 2.75) is 17.6 Å². The Hall–Kier alpha value is -3.81. The van der Waals surface area contributed by atoms with Gasteiger partial charge in [0.1, 0.15) is 5.82 Å². The molecule has 0 saturated carbocycles. The molecule has 1 N–H and O–H groups in total. The molecule has 1 aliphatic rings. The van der Waals surface area contributed by atoms with Crippen LogP contribution in [0.4, 0.5) is 27.8 Å². The third kappa shape index (κ3) is 3.92. The Bertz CT molecular complexity index is 1540. The summed E-state index contributed by atoms with van der Waals surface area (Å²) in [7, 11) is -4.44. The maximum absolute atomic E-state index is 14.8. The largest absolute Gasteiger partial charge is 0.490 e. The summed E-state index contributed by atoms with van der Waals surface area (Å²) in [6, 6.07) is 4.18. The predicted molar refractivity (Wildman–Crippen MR) is 113 cm³/mol. The minimum absolute atomic E-state index is 0.0119. The molecular weight excluding hydrogens is 497 g/mol. The molecule has 0 unspecified atom stereocenters. The molecule has 0 radical (unpaired) electrons. The number of rotatable bonds is 3. The fourth-order valence-electron chi connectivity index (χ4n) is 3.81. The topological polar surface area (TPSA) is 101 Å². The van der Waals surface area contributed by atoms with E-state index in [1.165, 1.54) is 12.3 Å². The lowest BCUT2D eigenvalue weighted by Gasteiger charge is -2.21. The van der Waals surface area contributed by atoms with Crippen LogP contribution < -0.4 is 9.04 Å². The van der Waals surface area contributed by atoms with Crippen LogP contribution in [0, 0.1) is 11.6 Å². The van der Waals surface area contributed by atoms with E-state index in [1.807, 2.05) is 0 Å². The van der Waals surface area contributed by atoms with Crippen molar-refractivity contribution in [1.82, 2.24) is 19.9 Å². The Kier molecular flexibility index (Phi) is 5.34. The van der Waals surface area contributed by atoms with Crippen molar-refractivity contribution < 1.29 is 35.1 Å². The zero-order chi connectivity index (χ0) is 25.0. The van der Waals surface area contributed by atoms with Gasteiger partial charge in [-0.15, -0.1) is 0 Å². The van der Waals surface area contributed by atoms with Crippen LogP contribution in [0.2, 0.25) is 0 Å². The highest BCUT2D eigenvalue weighted by molar-refractivity contribution is 7.92. The van der Waals surface area contributed by atoms with E-state index < -0.39 is 60.7 Å². The van der Waals surface area contributed by atoms with E-state index in [2.05, 4.69) is 19.9 Å². The highest BCUT2D eigenvalue weighted by atomic mass is 32.2. The number of sulfonamides is 1. The van der Waals surface area contributed by atoms with E-state index in [0.717, 1.165) is 10.4 Å². The van der Waals surface area contributed by atoms with Gasteiger partial charge >= 0.3 is 6.18 Å². The van der Waals surface area contributed by atoms with E-state index in [0.29, 0.717) is 18.8 Å². The molecule has 1 aromatic carbocycles. The van der Waals surface area contributed by atoms with E-state index >= 15 is 0 Å². The highest BCUT2D eigenvalue weighted by Crippen LogP contribution is 2.42. The Morgan fingerprint density at radius 1 is 1.09 bits per heavy atom. The molecule has 0 atom stereocenters. The lowest BCUT2D eigenvalue weighted by atomic mass is 10.0. The molecule has 0 saturated heterocycles. The van der Waals surface area contributed by atoms with Crippen molar-refractivity contribution in [2.75, 3.05) is 17.5 Å². The Balaban J connectivity index is 1.75. The second-order valence-electron chi connectivity index (χ2n) is 7.53. The number of hydrogen-bond acceptors (Lipinski definition) is 6. The number of ether oxygens (including phenoxy) is 1. The van der Waals surface area contributed by atoms with Crippen LogP contribution in [0.3, 0.4) is 0 Å². The molecule has 35 heavy (non-hydrogen) atoms. The Labute approximate surface area is 194 Å². The summed E-state index contributed by atoms with van der Waals surface area (Å²) >= 11 is 0. The van der Waals surface area contributed by atoms with Crippen molar-refractivity contribution in [3.8, 4) is 17.1 Å². The third-order valence-electron chi connectivity index (χ3n) is 5.31. The number of anilines is 1. The Morgan fingerprint density at radius 3 is 2.54 bits per heavy atom. The molecule has 0 amide bonds. The van der Waals surface area contributed by atoms with Crippen molar-refractivity contribution in [3.05, 3.63) is 60.1 Å². The molecule has 0 aliphatic carbocycles. The fourth-order valence-corrected chi connectivity index (χ4v) is 5.28. The van der Waals surface area contributed by atoms with Crippen molar-refractivity contribution in [1.29, 1.82) is 0 Å². The van der Waals surface area contributed by atoms with Gasteiger partial charge in [-0.05, 0) is 24.3 Å². The first-order valence-electron chi connectivity index (χ1n) is 10.1. The average molecular weight is 511 g/mol. The minimum atomic E-state index is -5.04. The number of halogens is 5. The van der Waals surface area contributed by atoms with Gasteiger partial charge in [0.25, 0.3) is 10.0 Å². The van der Waals surface area contributed by atoms with Gasteiger partial charge in [-0.3, -0.25) is 0 Å². The number of fused-ring (bicyclic) bond motifs is 2. The zero-order valence-corrected chi connectivity index (χ0v) is 18.3. The van der Waals surface area contributed by atoms with Crippen molar-refractivity contribution in [3.63, 3.8) is 0 Å². The molecule has 8 nitrogen and oxygen atoms in total. The van der Waals surface area contributed by atoms with Crippen molar-refractivity contribution in [2.24, 2.45) is 0 Å². The summed E-state index contributed by atoms with van der Waals surface area (Å²) in [6.07, 6.45) is -2.06. The summed E-state index contributed by atoms with van der Waals surface area (Å²) in [4.78, 5) is 13.7. The summed E-state index contributed by atoms with van der Waals surface area (Å²) in [5.41, 5.74) is -2.64. The monoisotopic (exact) mass is 511 g/mol. The molecule has 1 aliphatic heterocycles. The van der Waals surface area contributed by atoms with Gasteiger partial charge in [0.2, 0.25) is 0 Å². The standard InChI is InChI=1S/C21H14F5N5O3S/c22-11-9-28-19(29-10-11)17-12-7-16(30-18(12)14(23)8-13(17)21(24,25)26)35(32,33)31-5-2-6-34-15-3-1-4-27-20(15)31/h1,3-4,7-10,30H,2,5-6H2. The summed E-state index contributed by atoms with van der Waals surface area (Å²) in [5.74, 6) is -2.59. The second kappa shape index (κ2) is 8.15. The smallest absolute Gasteiger partial charge is 0.417 e. The van der Waals surface area contributed by atoms with Crippen LogP contribution in [0.5, 0.6) is 5.75 Å². The number of nitrogens with one attached hydrogen (secondary N) is 1. The molecule has 182 valence electrons. The number of alkyl halides is 3. The quantitative estimate of drug-likeness (QED) is 0.412. The predicted octanol–water partition coefficient (Wildman–Crippen LogP) is 4.29. The molecular formula is C21H14F5N5O3S. The lowest BCUT2D eigenvalue weighted by Crippen LogP contribution is -2.32. The van der Waals surface area contributed by atoms with Gasteiger partial charge in [-0.25, -0.2) is 28.0 Å². The number of aromatic amines is 1. The van der Waals surface area contributed by atoms with Crippen LogP contribution in [0.1, 0.15) is 12.0 Å². The van der Waals surface area contributed by atoms with Gasteiger partial charge < -0.3 is 9.72 Å². The molecule has 14 heteroatoms. The van der Waals surface area contributed by atoms with Gasteiger partial charge in [-0.2, -0.15) is 21.6 Å². The summed E-state index contributed by atoms with van der Waals surface area (Å²) < 4.78 is 103. The zero-order valence-electron chi connectivity index (χ0n) is 17.5. The molecule has 5 rings (SSSR count). The first kappa shape index (κ1) is 23.0. The molecule has 3 aromatic heterocycles. The number of hydrogen-bond donors (Lipinski definition) is 1. The molecule has 0 fully saturated rings. The third-order valence-corrected chi connectivity index (χ3v) is 7.02. The number of H-pyrrole nitrogens is 1. The van der Waals surface area contributed by atoms with E-state index in [-0.39, 0.29) is 30.8 Å². The van der Waals surface area contributed by atoms with Crippen LogP contribution in [-0.4, -0.2) is 41.5 Å².